The van der Waals surface area contributed by atoms with Gasteiger partial charge in [0.25, 0.3) is 5.91 Å². The van der Waals surface area contributed by atoms with Gasteiger partial charge in [0.05, 0.1) is 18.9 Å². The van der Waals surface area contributed by atoms with Crippen LogP contribution in [0.2, 0.25) is 0 Å². The van der Waals surface area contributed by atoms with Gasteiger partial charge in [-0.2, -0.15) is 0 Å². The number of aromatic nitrogens is 3. The SMILES string of the molecule is O=C(NCc1ccc(CN2CCOCC2)cc1)c1nc(C2CC2)n(-c2ccccc2)n1. The average molecular weight is 418 g/mol. The normalized spacial score (nSPS) is 16.9. The molecule has 0 spiro atoms. The van der Waals surface area contributed by atoms with Gasteiger partial charge in [0.1, 0.15) is 5.82 Å². The van der Waals surface area contributed by atoms with Gasteiger partial charge in [-0.1, -0.05) is 42.5 Å². The Balaban J connectivity index is 1.21. The Morgan fingerprint density at radius 2 is 1.71 bits per heavy atom. The summed E-state index contributed by atoms with van der Waals surface area (Å²) in [4.78, 5) is 19.7. The largest absolute Gasteiger partial charge is 0.379 e. The highest BCUT2D eigenvalue weighted by atomic mass is 16.5. The molecule has 2 aromatic carbocycles. The van der Waals surface area contributed by atoms with E-state index in [2.05, 4.69) is 44.6 Å². The maximum absolute atomic E-state index is 12.7. The molecule has 1 aromatic heterocycles. The van der Waals surface area contributed by atoms with Crippen LogP contribution in [0.4, 0.5) is 0 Å². The highest BCUT2D eigenvalue weighted by Crippen LogP contribution is 2.39. The Morgan fingerprint density at radius 1 is 1.00 bits per heavy atom. The van der Waals surface area contributed by atoms with E-state index in [-0.39, 0.29) is 11.7 Å². The van der Waals surface area contributed by atoms with Crippen LogP contribution in [0.25, 0.3) is 5.69 Å². The molecule has 0 bridgehead atoms. The first kappa shape index (κ1) is 19.9. The fraction of sp³-hybridized carbons (Fsp3) is 0.375. The molecule has 2 fully saturated rings. The highest BCUT2D eigenvalue weighted by Gasteiger charge is 2.31. The zero-order valence-corrected chi connectivity index (χ0v) is 17.5. The van der Waals surface area contributed by atoms with Crippen LogP contribution in [0, 0.1) is 0 Å². The van der Waals surface area contributed by atoms with E-state index in [9.17, 15) is 4.79 Å². The minimum absolute atomic E-state index is 0.231. The molecule has 1 aliphatic heterocycles. The first-order valence-corrected chi connectivity index (χ1v) is 10.9. The summed E-state index contributed by atoms with van der Waals surface area (Å²) in [6.45, 7) is 4.95. The van der Waals surface area contributed by atoms with E-state index >= 15 is 0 Å². The van der Waals surface area contributed by atoms with Crippen LogP contribution in [0.1, 0.15) is 46.3 Å². The Hall–Kier alpha value is -3.03. The molecule has 5 rings (SSSR count). The summed E-state index contributed by atoms with van der Waals surface area (Å²) < 4.78 is 7.22. The number of carbonyl (C=O) groups is 1. The first-order valence-electron chi connectivity index (χ1n) is 10.9. The monoisotopic (exact) mass is 417 g/mol. The molecule has 2 aliphatic rings. The minimum Gasteiger partial charge on any atom is -0.379 e. The second kappa shape index (κ2) is 8.99. The van der Waals surface area contributed by atoms with Gasteiger partial charge in [-0.25, -0.2) is 9.67 Å². The van der Waals surface area contributed by atoms with E-state index in [4.69, 9.17) is 4.74 Å². The number of ether oxygens (including phenoxy) is 1. The summed E-state index contributed by atoms with van der Waals surface area (Å²) in [5.41, 5.74) is 3.27. The molecule has 1 saturated carbocycles. The topological polar surface area (TPSA) is 72.3 Å². The number of rotatable bonds is 7. The summed E-state index contributed by atoms with van der Waals surface area (Å²) in [5, 5.41) is 7.47. The van der Waals surface area contributed by atoms with Gasteiger partial charge in [-0.3, -0.25) is 9.69 Å². The Labute approximate surface area is 182 Å². The fourth-order valence-electron chi connectivity index (χ4n) is 3.83. The van der Waals surface area contributed by atoms with Crippen LogP contribution in [0.3, 0.4) is 0 Å². The van der Waals surface area contributed by atoms with Crippen LogP contribution >= 0.6 is 0 Å². The number of hydrogen-bond acceptors (Lipinski definition) is 5. The number of para-hydroxylation sites is 1. The van der Waals surface area contributed by atoms with Gasteiger partial charge >= 0.3 is 0 Å². The van der Waals surface area contributed by atoms with Crippen molar-refractivity contribution in [3.63, 3.8) is 0 Å². The molecule has 0 radical (unpaired) electrons. The van der Waals surface area contributed by atoms with Gasteiger partial charge in [0, 0.05) is 32.1 Å². The van der Waals surface area contributed by atoms with Crippen molar-refractivity contribution in [2.24, 2.45) is 0 Å². The van der Waals surface area contributed by atoms with Crippen LogP contribution in [0.15, 0.2) is 54.6 Å². The van der Waals surface area contributed by atoms with Crippen molar-refractivity contribution in [1.29, 1.82) is 0 Å². The number of nitrogens with zero attached hydrogens (tertiary/aromatic N) is 4. The quantitative estimate of drug-likeness (QED) is 0.640. The van der Waals surface area contributed by atoms with E-state index in [0.29, 0.717) is 12.5 Å². The van der Waals surface area contributed by atoms with Crippen molar-refractivity contribution in [1.82, 2.24) is 25.0 Å². The molecule has 3 aromatic rings. The van der Waals surface area contributed by atoms with Crippen molar-refractivity contribution < 1.29 is 9.53 Å². The molecule has 0 unspecified atom stereocenters. The molecular weight excluding hydrogens is 390 g/mol. The fourth-order valence-corrected chi connectivity index (χ4v) is 3.83. The van der Waals surface area contributed by atoms with Gasteiger partial charge in [0.15, 0.2) is 0 Å². The lowest BCUT2D eigenvalue weighted by atomic mass is 10.1. The van der Waals surface area contributed by atoms with E-state index < -0.39 is 0 Å². The van der Waals surface area contributed by atoms with Gasteiger partial charge < -0.3 is 10.1 Å². The lowest BCUT2D eigenvalue weighted by Crippen LogP contribution is -2.35. The minimum atomic E-state index is -0.242. The van der Waals surface area contributed by atoms with Crippen molar-refractivity contribution in [2.75, 3.05) is 26.3 Å². The Kier molecular flexibility index (Phi) is 5.78. The number of morpholine rings is 1. The van der Waals surface area contributed by atoms with Crippen LogP contribution in [-0.2, 0) is 17.8 Å². The Bertz CT molecular complexity index is 1020. The van der Waals surface area contributed by atoms with Crippen LogP contribution < -0.4 is 5.32 Å². The number of carbonyl (C=O) groups excluding carboxylic acids is 1. The van der Waals surface area contributed by atoms with Gasteiger partial charge in [-0.05, 0) is 36.1 Å². The second-order valence-corrected chi connectivity index (χ2v) is 8.20. The summed E-state index contributed by atoms with van der Waals surface area (Å²) in [6.07, 6.45) is 2.20. The number of nitrogens with one attached hydrogen (secondary N) is 1. The third-order valence-corrected chi connectivity index (χ3v) is 5.76. The van der Waals surface area contributed by atoms with Gasteiger partial charge in [-0.15, -0.1) is 5.10 Å². The van der Waals surface area contributed by atoms with E-state index in [1.54, 1.807) is 0 Å². The zero-order valence-electron chi connectivity index (χ0n) is 17.5. The van der Waals surface area contributed by atoms with Crippen molar-refractivity contribution in [3.05, 3.63) is 77.4 Å². The predicted molar refractivity (Wildman–Crippen MR) is 117 cm³/mol. The van der Waals surface area contributed by atoms with E-state index in [1.165, 1.54) is 5.56 Å². The molecule has 31 heavy (non-hydrogen) atoms. The highest BCUT2D eigenvalue weighted by molar-refractivity contribution is 5.90. The predicted octanol–water partition coefficient (Wildman–Crippen LogP) is 2.91. The van der Waals surface area contributed by atoms with Gasteiger partial charge in [0.2, 0.25) is 5.82 Å². The molecule has 1 aliphatic carbocycles. The molecular formula is C24H27N5O2. The lowest BCUT2D eigenvalue weighted by molar-refractivity contribution is 0.0342. The van der Waals surface area contributed by atoms with Crippen molar-refractivity contribution in [3.8, 4) is 5.69 Å². The van der Waals surface area contributed by atoms with Crippen LogP contribution in [0.5, 0.6) is 0 Å². The van der Waals surface area contributed by atoms with Crippen molar-refractivity contribution in [2.45, 2.75) is 31.8 Å². The summed E-state index contributed by atoms with van der Waals surface area (Å²) in [5.74, 6) is 1.26. The second-order valence-electron chi connectivity index (χ2n) is 8.20. The molecule has 7 heteroatoms. The first-order chi connectivity index (χ1) is 15.3. The Morgan fingerprint density at radius 3 is 2.42 bits per heavy atom. The number of benzene rings is 2. The van der Waals surface area contributed by atoms with E-state index in [1.807, 2.05) is 35.0 Å². The molecule has 1 saturated heterocycles. The smallest absolute Gasteiger partial charge is 0.291 e. The number of hydrogen-bond donors (Lipinski definition) is 1. The third kappa shape index (κ3) is 4.84. The van der Waals surface area contributed by atoms with Crippen molar-refractivity contribution >= 4 is 5.91 Å². The van der Waals surface area contributed by atoms with E-state index in [0.717, 1.165) is 62.8 Å². The zero-order chi connectivity index (χ0) is 21.0. The molecule has 7 nitrogen and oxygen atoms in total. The molecule has 0 atom stereocenters. The molecule has 160 valence electrons. The molecule has 1 N–H and O–H groups in total. The summed E-state index contributed by atoms with van der Waals surface area (Å²) >= 11 is 0. The lowest BCUT2D eigenvalue weighted by Gasteiger charge is -2.26. The summed E-state index contributed by atoms with van der Waals surface area (Å²) in [6, 6.07) is 18.3. The number of amides is 1. The molecule has 2 heterocycles. The third-order valence-electron chi connectivity index (χ3n) is 5.76. The standard InChI is InChI=1S/C24H27N5O2/c30-24(22-26-23(20-10-11-20)29(27-22)21-4-2-1-3-5-21)25-16-18-6-8-19(9-7-18)17-28-12-14-31-15-13-28/h1-9,20H,10-17H2,(H,25,30). The molecule has 1 amide bonds. The maximum atomic E-state index is 12.7. The van der Waals surface area contributed by atoms with Crippen LogP contribution in [-0.4, -0.2) is 51.9 Å². The summed E-state index contributed by atoms with van der Waals surface area (Å²) in [7, 11) is 0. The maximum Gasteiger partial charge on any atom is 0.291 e. The average Bonchev–Trinajstić information content (AvgIpc) is 3.57.